The van der Waals surface area contributed by atoms with Crippen LogP contribution in [0.25, 0.3) is 0 Å². The van der Waals surface area contributed by atoms with Gasteiger partial charge in [0.1, 0.15) is 6.61 Å². The Morgan fingerprint density at radius 1 is 1.25 bits per heavy atom. The van der Waals surface area contributed by atoms with Crippen LogP contribution in [0.15, 0.2) is 39.8 Å². The Labute approximate surface area is 152 Å². The number of benzene rings is 1. The Morgan fingerprint density at radius 3 is 2.62 bits per heavy atom. The highest BCUT2D eigenvalue weighted by Crippen LogP contribution is 2.30. The first kappa shape index (κ1) is 18.5. The zero-order chi connectivity index (χ0) is 17.5. The summed E-state index contributed by atoms with van der Waals surface area (Å²) in [7, 11) is 1.99. The summed E-state index contributed by atoms with van der Waals surface area (Å²) in [5.41, 5.74) is 4.17. The van der Waals surface area contributed by atoms with E-state index in [1.54, 1.807) is 0 Å². The molecule has 0 fully saturated rings. The number of nitrogens with zero attached hydrogens (tertiary/aromatic N) is 3. The lowest BCUT2D eigenvalue weighted by Crippen LogP contribution is -2.14. The van der Waals surface area contributed by atoms with Crippen molar-refractivity contribution < 1.29 is 4.74 Å². The molecule has 0 aliphatic rings. The summed E-state index contributed by atoms with van der Waals surface area (Å²) in [6.07, 6.45) is 2.81. The van der Waals surface area contributed by atoms with E-state index in [1.807, 2.05) is 37.3 Å². The van der Waals surface area contributed by atoms with Gasteiger partial charge in [-0.25, -0.2) is 9.98 Å². The van der Waals surface area contributed by atoms with Crippen LogP contribution in [0.2, 0.25) is 0 Å². The van der Waals surface area contributed by atoms with Crippen molar-refractivity contribution in [2.24, 2.45) is 4.99 Å². The van der Waals surface area contributed by atoms with Crippen LogP contribution in [0.5, 0.6) is 5.88 Å². The third kappa shape index (κ3) is 4.81. The number of aryl methyl sites for hydroxylation is 2. The van der Waals surface area contributed by atoms with Gasteiger partial charge in [-0.1, -0.05) is 31.2 Å². The quantitative estimate of drug-likeness (QED) is 0.498. The van der Waals surface area contributed by atoms with E-state index in [-0.39, 0.29) is 0 Å². The molecular weight excluding hydrogens is 366 g/mol. The maximum absolute atomic E-state index is 5.93. The lowest BCUT2D eigenvalue weighted by molar-refractivity contribution is 0.290. The van der Waals surface area contributed by atoms with Crippen LogP contribution in [0.1, 0.15) is 30.7 Å². The van der Waals surface area contributed by atoms with E-state index in [0.717, 1.165) is 28.8 Å². The molecule has 0 aliphatic heterocycles. The summed E-state index contributed by atoms with van der Waals surface area (Å²) >= 11 is 3.54. The van der Waals surface area contributed by atoms with E-state index in [2.05, 4.69) is 58.0 Å². The maximum Gasteiger partial charge on any atom is 0.228 e. The first-order chi connectivity index (χ1) is 11.5. The van der Waals surface area contributed by atoms with Crippen molar-refractivity contribution in [2.45, 2.75) is 33.8 Å². The van der Waals surface area contributed by atoms with Crippen LogP contribution in [-0.4, -0.2) is 29.8 Å². The van der Waals surface area contributed by atoms with Crippen LogP contribution in [-0.2, 0) is 13.0 Å². The van der Waals surface area contributed by atoms with Crippen LogP contribution in [0.4, 0.5) is 5.69 Å². The molecule has 1 aromatic heterocycles. The highest BCUT2D eigenvalue weighted by atomic mass is 79.9. The van der Waals surface area contributed by atoms with Crippen molar-refractivity contribution in [3.05, 3.63) is 51.6 Å². The van der Waals surface area contributed by atoms with E-state index < -0.39 is 0 Å². The van der Waals surface area contributed by atoms with E-state index in [9.17, 15) is 0 Å². The molecule has 0 N–H and O–H groups in total. The molecule has 128 valence electrons. The van der Waals surface area contributed by atoms with E-state index in [0.29, 0.717) is 12.5 Å². The van der Waals surface area contributed by atoms with Crippen molar-refractivity contribution in [3.8, 4) is 5.88 Å². The van der Waals surface area contributed by atoms with Crippen molar-refractivity contribution in [1.29, 1.82) is 0 Å². The molecule has 1 heterocycles. The molecule has 0 amide bonds. The normalized spacial score (nSPS) is 11.0. The van der Waals surface area contributed by atoms with Gasteiger partial charge in [0.2, 0.25) is 5.88 Å². The van der Waals surface area contributed by atoms with E-state index in [4.69, 9.17) is 4.74 Å². The smallest absolute Gasteiger partial charge is 0.228 e. The molecule has 0 saturated carbocycles. The molecule has 2 aromatic rings. The second-order valence-electron chi connectivity index (χ2n) is 5.61. The average molecular weight is 390 g/mol. The van der Waals surface area contributed by atoms with Crippen molar-refractivity contribution in [1.82, 2.24) is 9.88 Å². The van der Waals surface area contributed by atoms with Crippen LogP contribution in [0.3, 0.4) is 0 Å². The summed E-state index contributed by atoms with van der Waals surface area (Å²) in [6.45, 7) is 7.60. The number of aromatic nitrogens is 1. The fourth-order valence-electron chi connectivity index (χ4n) is 2.21. The number of hydrogen-bond donors (Lipinski definition) is 0. The molecule has 0 bridgehead atoms. The standard InChI is InChI=1S/C19H24BrN3O/c1-5-15-9-7-8-10-16(15)12-24-19-17(20)11-18(14(3)22-19)21-13-23(4)6-2/h7-11,13H,5-6,12H2,1-4H3. The molecule has 24 heavy (non-hydrogen) atoms. The monoisotopic (exact) mass is 389 g/mol. The lowest BCUT2D eigenvalue weighted by atomic mass is 10.1. The highest BCUT2D eigenvalue weighted by molar-refractivity contribution is 9.10. The molecule has 0 unspecified atom stereocenters. The van der Waals surface area contributed by atoms with Crippen molar-refractivity contribution in [3.63, 3.8) is 0 Å². The van der Waals surface area contributed by atoms with Crippen LogP contribution >= 0.6 is 15.9 Å². The summed E-state index contributed by atoms with van der Waals surface area (Å²) < 4.78 is 6.74. The highest BCUT2D eigenvalue weighted by Gasteiger charge is 2.09. The summed E-state index contributed by atoms with van der Waals surface area (Å²) in [6, 6.07) is 10.3. The number of rotatable bonds is 7. The molecule has 0 aliphatic carbocycles. The lowest BCUT2D eigenvalue weighted by Gasteiger charge is -2.12. The number of halogens is 1. The summed E-state index contributed by atoms with van der Waals surface area (Å²) in [4.78, 5) is 11.0. The first-order valence-electron chi connectivity index (χ1n) is 8.16. The van der Waals surface area contributed by atoms with Gasteiger partial charge in [-0.05, 0) is 53.4 Å². The minimum absolute atomic E-state index is 0.510. The fourth-order valence-corrected chi connectivity index (χ4v) is 2.63. The number of pyridine rings is 1. The molecule has 0 saturated heterocycles. The zero-order valence-corrected chi connectivity index (χ0v) is 16.3. The van der Waals surface area contributed by atoms with Gasteiger partial charge in [-0.2, -0.15) is 0 Å². The van der Waals surface area contributed by atoms with E-state index >= 15 is 0 Å². The SMILES string of the molecule is CCc1ccccc1COc1nc(C)c(N=CN(C)CC)cc1Br. The zero-order valence-electron chi connectivity index (χ0n) is 14.7. The van der Waals surface area contributed by atoms with Gasteiger partial charge in [0.15, 0.2) is 0 Å². The molecule has 4 nitrogen and oxygen atoms in total. The van der Waals surface area contributed by atoms with Crippen molar-refractivity contribution >= 4 is 28.0 Å². The molecule has 5 heteroatoms. The van der Waals surface area contributed by atoms with Gasteiger partial charge < -0.3 is 9.64 Å². The third-order valence-corrected chi connectivity index (χ3v) is 4.43. The van der Waals surface area contributed by atoms with Crippen molar-refractivity contribution in [2.75, 3.05) is 13.6 Å². The number of hydrogen-bond acceptors (Lipinski definition) is 3. The predicted molar refractivity (Wildman–Crippen MR) is 103 cm³/mol. The molecule has 1 aromatic carbocycles. The summed E-state index contributed by atoms with van der Waals surface area (Å²) in [5, 5.41) is 0. The van der Waals surface area contributed by atoms with Crippen LogP contribution < -0.4 is 4.74 Å². The van der Waals surface area contributed by atoms with Gasteiger partial charge >= 0.3 is 0 Å². The molecular formula is C19H24BrN3O. The Balaban J connectivity index is 2.14. The second kappa shape index (κ2) is 8.83. The first-order valence-corrected chi connectivity index (χ1v) is 8.95. The molecule has 2 rings (SSSR count). The van der Waals surface area contributed by atoms with E-state index in [1.165, 1.54) is 11.1 Å². The largest absolute Gasteiger partial charge is 0.472 e. The van der Waals surface area contributed by atoms with Gasteiger partial charge in [0, 0.05) is 13.6 Å². The Morgan fingerprint density at radius 2 is 1.96 bits per heavy atom. The van der Waals surface area contributed by atoms with Gasteiger partial charge in [0.25, 0.3) is 0 Å². The van der Waals surface area contributed by atoms with Gasteiger partial charge in [-0.15, -0.1) is 0 Å². The molecule has 0 spiro atoms. The second-order valence-corrected chi connectivity index (χ2v) is 6.46. The fraction of sp³-hybridized carbons (Fsp3) is 0.368. The predicted octanol–water partition coefficient (Wildman–Crippen LogP) is 4.91. The number of ether oxygens (including phenoxy) is 1. The molecule has 0 atom stereocenters. The molecule has 0 radical (unpaired) electrons. The minimum Gasteiger partial charge on any atom is -0.472 e. The van der Waals surface area contributed by atoms with Gasteiger partial charge in [0.05, 0.1) is 22.2 Å². The maximum atomic E-state index is 5.93. The third-order valence-electron chi connectivity index (χ3n) is 3.86. The number of aliphatic imine (C=N–C) groups is 1. The van der Waals surface area contributed by atoms with Crippen LogP contribution in [0, 0.1) is 6.92 Å². The average Bonchev–Trinajstić information content (AvgIpc) is 2.60. The minimum atomic E-state index is 0.510. The summed E-state index contributed by atoms with van der Waals surface area (Å²) in [5.74, 6) is 0.598. The topological polar surface area (TPSA) is 37.7 Å². The Hall–Kier alpha value is -1.88. The van der Waals surface area contributed by atoms with Gasteiger partial charge in [-0.3, -0.25) is 0 Å². The Bertz CT molecular complexity index is 716. The Kier molecular flexibility index (Phi) is 6.79.